The Labute approximate surface area is 184 Å². The molecule has 0 fully saturated rings. The minimum atomic E-state index is -0.696. The van der Waals surface area contributed by atoms with Crippen molar-refractivity contribution in [3.63, 3.8) is 0 Å². The lowest BCUT2D eigenvalue weighted by atomic mass is 9.89. The van der Waals surface area contributed by atoms with E-state index in [-0.39, 0.29) is 11.3 Å². The molecule has 0 atom stereocenters. The van der Waals surface area contributed by atoms with Crippen LogP contribution in [-0.2, 0) is 7.05 Å². The lowest BCUT2D eigenvalue weighted by molar-refractivity contribution is 0.577. The summed E-state index contributed by atoms with van der Waals surface area (Å²) in [4.78, 5) is 12.4. The van der Waals surface area contributed by atoms with Gasteiger partial charge in [-0.1, -0.05) is 37.2 Å². The first-order chi connectivity index (χ1) is 15.3. The van der Waals surface area contributed by atoms with Gasteiger partial charge in [0.05, 0.1) is 30.7 Å². The molecule has 0 amide bonds. The number of anilines is 2. The Hall–Kier alpha value is -3.69. The Morgan fingerprint density at radius 2 is 1.91 bits per heavy atom. The van der Waals surface area contributed by atoms with Crippen molar-refractivity contribution in [3.05, 3.63) is 65.6 Å². The van der Waals surface area contributed by atoms with E-state index in [9.17, 15) is 8.78 Å². The summed E-state index contributed by atoms with van der Waals surface area (Å²) in [6.45, 7) is 9.43. The Bertz CT molecular complexity index is 1150. The highest BCUT2D eigenvalue weighted by Gasteiger charge is 2.25. The topological polar surface area (TPSA) is 84.7 Å². The third-order valence-electron chi connectivity index (χ3n) is 5.37. The van der Waals surface area contributed by atoms with Gasteiger partial charge in [0.1, 0.15) is 17.5 Å². The fraction of sp³-hybridized carbons (Fsp3) is 0.318. The first-order valence-electron chi connectivity index (χ1n) is 10.3. The van der Waals surface area contributed by atoms with Crippen LogP contribution in [0.4, 0.5) is 20.5 Å². The molecule has 2 aromatic heterocycles. The van der Waals surface area contributed by atoms with Crippen LogP contribution >= 0.6 is 0 Å². The van der Waals surface area contributed by atoms with Crippen LogP contribution in [0.5, 0.6) is 0 Å². The summed E-state index contributed by atoms with van der Waals surface area (Å²) in [5, 5.41) is 15.2. The molecule has 0 spiro atoms. The van der Waals surface area contributed by atoms with Crippen molar-refractivity contribution in [2.45, 2.75) is 20.3 Å². The van der Waals surface area contributed by atoms with Crippen molar-refractivity contribution in [2.75, 3.05) is 23.3 Å². The van der Waals surface area contributed by atoms with Gasteiger partial charge in [-0.2, -0.15) is 4.80 Å². The molecule has 1 aliphatic heterocycles. The molecule has 166 valence electrons. The average molecular weight is 438 g/mol. The SMILES string of the molecule is C=C(Nc1cnc(C2=C(C(C)C)CCN(c3nnn(C)n3)C2)cn1)c1c(F)cccc1F. The highest BCUT2D eigenvalue weighted by Crippen LogP contribution is 2.31. The number of hydrogen-bond acceptors (Lipinski definition) is 7. The molecule has 3 aromatic rings. The number of benzene rings is 1. The van der Waals surface area contributed by atoms with Crippen LogP contribution in [0, 0.1) is 17.6 Å². The molecule has 1 aromatic carbocycles. The van der Waals surface area contributed by atoms with Gasteiger partial charge < -0.3 is 10.2 Å². The van der Waals surface area contributed by atoms with Gasteiger partial charge in [-0.3, -0.25) is 4.98 Å². The van der Waals surface area contributed by atoms with Gasteiger partial charge in [-0.15, -0.1) is 5.10 Å². The quantitative estimate of drug-likeness (QED) is 0.628. The summed E-state index contributed by atoms with van der Waals surface area (Å²) in [5.74, 6) is -0.124. The fourth-order valence-corrected chi connectivity index (χ4v) is 3.78. The molecule has 0 saturated heterocycles. The number of aromatic nitrogens is 6. The van der Waals surface area contributed by atoms with Crippen LogP contribution in [0.25, 0.3) is 11.3 Å². The summed E-state index contributed by atoms with van der Waals surface area (Å²) >= 11 is 0. The van der Waals surface area contributed by atoms with E-state index >= 15 is 0 Å². The maximum absolute atomic E-state index is 14.0. The van der Waals surface area contributed by atoms with Crippen molar-refractivity contribution in [1.82, 2.24) is 30.2 Å². The minimum Gasteiger partial charge on any atom is -0.339 e. The van der Waals surface area contributed by atoms with E-state index < -0.39 is 11.6 Å². The molecule has 4 rings (SSSR count). The van der Waals surface area contributed by atoms with Gasteiger partial charge in [0.15, 0.2) is 0 Å². The van der Waals surface area contributed by atoms with Gasteiger partial charge in [-0.05, 0) is 35.3 Å². The Kier molecular flexibility index (Phi) is 5.93. The van der Waals surface area contributed by atoms with E-state index in [4.69, 9.17) is 0 Å². The van der Waals surface area contributed by atoms with Crippen LogP contribution in [0.15, 0.2) is 42.7 Å². The number of nitrogens with one attached hydrogen (secondary N) is 1. The maximum Gasteiger partial charge on any atom is 0.266 e. The lowest BCUT2D eigenvalue weighted by Gasteiger charge is -2.31. The summed E-state index contributed by atoms with van der Waals surface area (Å²) in [7, 11) is 1.73. The monoisotopic (exact) mass is 438 g/mol. The van der Waals surface area contributed by atoms with Crippen molar-refractivity contribution in [3.8, 4) is 0 Å². The number of tetrazole rings is 1. The van der Waals surface area contributed by atoms with Crippen LogP contribution in [0.3, 0.4) is 0 Å². The normalized spacial score (nSPS) is 14.2. The first kappa shape index (κ1) is 21.5. The molecule has 1 N–H and O–H groups in total. The molecular formula is C22H24F2N8. The van der Waals surface area contributed by atoms with E-state index in [1.807, 2.05) is 0 Å². The van der Waals surface area contributed by atoms with Gasteiger partial charge in [0.25, 0.3) is 5.95 Å². The first-order valence-corrected chi connectivity index (χ1v) is 10.3. The summed E-state index contributed by atoms with van der Waals surface area (Å²) in [5.41, 5.74) is 2.95. The zero-order valence-corrected chi connectivity index (χ0v) is 18.2. The van der Waals surface area contributed by atoms with E-state index in [1.165, 1.54) is 34.8 Å². The standard InChI is InChI=1S/C22H24F2N8/c1-13(2)15-8-9-32(22-28-30-31(4)29-22)12-16(15)19-10-26-20(11-25-19)27-14(3)21-17(23)6-5-7-18(21)24/h5-7,10-11,13H,3,8-9,12H2,1-2,4H3,(H,26,27). The van der Waals surface area contributed by atoms with Gasteiger partial charge in [0.2, 0.25) is 0 Å². The number of nitrogens with zero attached hydrogens (tertiary/aromatic N) is 7. The number of halogens is 2. The lowest BCUT2D eigenvalue weighted by Crippen LogP contribution is -2.33. The molecule has 10 heteroatoms. The molecule has 0 saturated carbocycles. The van der Waals surface area contributed by atoms with Crippen molar-refractivity contribution in [2.24, 2.45) is 13.0 Å². The van der Waals surface area contributed by atoms with Gasteiger partial charge >= 0.3 is 0 Å². The second-order valence-corrected chi connectivity index (χ2v) is 7.90. The number of hydrogen-bond donors (Lipinski definition) is 1. The van der Waals surface area contributed by atoms with Crippen LogP contribution < -0.4 is 10.2 Å². The second kappa shape index (κ2) is 8.81. The fourth-order valence-electron chi connectivity index (χ4n) is 3.78. The number of aryl methyl sites for hydroxylation is 1. The predicted molar refractivity (Wildman–Crippen MR) is 118 cm³/mol. The molecule has 0 aliphatic carbocycles. The molecule has 0 unspecified atom stereocenters. The summed E-state index contributed by atoms with van der Waals surface area (Å²) in [6, 6.07) is 3.67. The van der Waals surface area contributed by atoms with E-state index in [0.717, 1.165) is 24.2 Å². The van der Waals surface area contributed by atoms with Crippen molar-refractivity contribution in [1.29, 1.82) is 0 Å². The maximum atomic E-state index is 14.0. The van der Waals surface area contributed by atoms with E-state index in [2.05, 4.69) is 56.0 Å². The molecule has 0 radical (unpaired) electrons. The largest absolute Gasteiger partial charge is 0.339 e. The Balaban J connectivity index is 1.56. The molecule has 3 heterocycles. The van der Waals surface area contributed by atoms with Crippen LogP contribution in [0.1, 0.15) is 31.5 Å². The molecule has 32 heavy (non-hydrogen) atoms. The highest BCUT2D eigenvalue weighted by atomic mass is 19.1. The predicted octanol–water partition coefficient (Wildman–Crippen LogP) is 3.68. The van der Waals surface area contributed by atoms with Gasteiger partial charge in [-0.25, -0.2) is 13.8 Å². The average Bonchev–Trinajstić information content (AvgIpc) is 3.20. The van der Waals surface area contributed by atoms with Crippen molar-refractivity contribution < 1.29 is 8.78 Å². The van der Waals surface area contributed by atoms with E-state index in [1.54, 1.807) is 13.2 Å². The molecular weight excluding hydrogens is 414 g/mol. The van der Waals surface area contributed by atoms with Crippen LogP contribution in [0.2, 0.25) is 0 Å². The molecule has 0 bridgehead atoms. The van der Waals surface area contributed by atoms with Gasteiger partial charge in [0, 0.05) is 18.8 Å². The zero-order valence-electron chi connectivity index (χ0n) is 18.2. The molecule has 8 nitrogen and oxygen atoms in total. The second-order valence-electron chi connectivity index (χ2n) is 7.90. The van der Waals surface area contributed by atoms with Crippen LogP contribution in [-0.4, -0.2) is 43.3 Å². The third kappa shape index (κ3) is 4.34. The smallest absolute Gasteiger partial charge is 0.266 e. The number of rotatable bonds is 6. The minimum absolute atomic E-state index is 0.0716. The molecule has 1 aliphatic rings. The summed E-state index contributed by atoms with van der Waals surface area (Å²) < 4.78 is 28.0. The van der Waals surface area contributed by atoms with Crippen molar-refractivity contribution >= 4 is 23.0 Å². The Morgan fingerprint density at radius 1 is 1.16 bits per heavy atom. The Morgan fingerprint density at radius 3 is 2.50 bits per heavy atom. The van der Waals surface area contributed by atoms with E-state index in [0.29, 0.717) is 24.2 Å². The highest BCUT2D eigenvalue weighted by molar-refractivity contribution is 5.75. The zero-order chi connectivity index (χ0) is 22.8. The summed E-state index contributed by atoms with van der Waals surface area (Å²) in [6.07, 6.45) is 4.04. The third-order valence-corrected chi connectivity index (χ3v) is 5.37.